The fourth-order valence-corrected chi connectivity index (χ4v) is 5.27. The topological polar surface area (TPSA) is 44.5 Å². The normalized spacial score (nSPS) is 12.9. The van der Waals surface area contributed by atoms with Crippen LogP contribution in [0, 0.1) is 0 Å². The first-order valence-electron chi connectivity index (χ1n) is 14.4. The lowest BCUT2D eigenvalue weighted by atomic mass is 9.72. The summed E-state index contributed by atoms with van der Waals surface area (Å²) >= 11 is 0. The Hall–Kier alpha value is -5.20. The van der Waals surface area contributed by atoms with E-state index in [-0.39, 0.29) is 41.5 Å². The summed E-state index contributed by atoms with van der Waals surface area (Å²) in [6.07, 6.45) is -20.0. The molecule has 0 unspecified atom stereocenters. The van der Waals surface area contributed by atoms with Crippen molar-refractivity contribution in [3.8, 4) is 11.5 Å². The minimum atomic E-state index is -6.10. The van der Waals surface area contributed by atoms with Gasteiger partial charge in [-0.15, -0.1) is 0 Å². The summed E-state index contributed by atoms with van der Waals surface area (Å²) in [5.41, 5.74) is -2.36. The molecule has 0 radical (unpaired) electrons. The standard InChI is InChI=1S/C36H25F10NO2/c37-33(38,48-30-18-6-24(7-19-30)22-23-4-2-1-3-5-23)27-12-8-25(9-13-27)32(35(41,42)43,36(44,45)46)26-10-14-28(15-11-26)34(39,40)49-31-20-16-29(47)17-21-31/h1-21H,22,47H2. The third kappa shape index (κ3) is 7.30. The zero-order chi connectivity index (χ0) is 35.7. The molecule has 0 saturated heterocycles. The van der Waals surface area contributed by atoms with Gasteiger partial charge in [0.1, 0.15) is 11.5 Å². The monoisotopic (exact) mass is 693 g/mol. The summed E-state index contributed by atoms with van der Waals surface area (Å²) in [6.45, 7) is 0. The molecule has 0 spiro atoms. The number of anilines is 1. The fourth-order valence-electron chi connectivity index (χ4n) is 5.27. The fraction of sp³-hybridized carbons (Fsp3) is 0.167. The molecular formula is C36H25F10NO2. The number of hydrogen-bond donors (Lipinski definition) is 1. The predicted octanol–water partition coefficient (Wildman–Crippen LogP) is 10.5. The molecule has 13 heteroatoms. The van der Waals surface area contributed by atoms with Crippen molar-refractivity contribution >= 4 is 5.69 Å². The van der Waals surface area contributed by atoms with E-state index in [1.165, 1.54) is 36.4 Å². The number of nitrogens with two attached hydrogens (primary N) is 1. The van der Waals surface area contributed by atoms with Gasteiger partial charge in [-0.3, -0.25) is 0 Å². The largest absolute Gasteiger partial charge is 0.429 e. The lowest BCUT2D eigenvalue weighted by molar-refractivity contribution is -0.288. The van der Waals surface area contributed by atoms with Crippen LogP contribution in [-0.2, 0) is 24.1 Å². The van der Waals surface area contributed by atoms with E-state index in [2.05, 4.69) is 4.74 Å². The minimum absolute atomic E-state index is 0.226. The SMILES string of the molecule is Nc1ccc(OC(F)(F)c2ccc(C(c3ccc(C(F)(F)Oc4ccc(Cc5ccccc5)cc4)cc3)(C(F)(F)F)C(F)(F)F)cc2)cc1. The van der Waals surface area contributed by atoms with Crippen molar-refractivity contribution in [1.82, 2.24) is 0 Å². The first-order valence-corrected chi connectivity index (χ1v) is 14.4. The zero-order valence-corrected chi connectivity index (χ0v) is 25.0. The lowest BCUT2D eigenvalue weighted by Gasteiger charge is -2.38. The Labute approximate surface area is 273 Å². The highest BCUT2D eigenvalue weighted by Gasteiger charge is 2.72. The van der Waals surface area contributed by atoms with Crippen molar-refractivity contribution in [3.63, 3.8) is 0 Å². The number of hydrogen-bond acceptors (Lipinski definition) is 3. The molecule has 256 valence electrons. The van der Waals surface area contributed by atoms with Crippen molar-refractivity contribution < 1.29 is 53.4 Å². The van der Waals surface area contributed by atoms with Crippen LogP contribution in [0.4, 0.5) is 49.6 Å². The van der Waals surface area contributed by atoms with Gasteiger partial charge in [-0.05, 0) is 89.3 Å². The number of halogens is 10. The molecular weight excluding hydrogens is 668 g/mol. The highest BCUT2D eigenvalue weighted by atomic mass is 19.4. The Morgan fingerprint density at radius 1 is 0.408 bits per heavy atom. The Morgan fingerprint density at radius 2 is 0.755 bits per heavy atom. The van der Waals surface area contributed by atoms with Gasteiger partial charge >= 0.3 is 24.6 Å². The van der Waals surface area contributed by atoms with Crippen molar-refractivity contribution in [1.29, 1.82) is 0 Å². The Balaban J connectivity index is 1.42. The van der Waals surface area contributed by atoms with Crippen LogP contribution in [0.5, 0.6) is 11.5 Å². The van der Waals surface area contributed by atoms with E-state index in [0.717, 1.165) is 23.3 Å². The Bertz CT molecular complexity index is 1820. The molecule has 5 aromatic carbocycles. The van der Waals surface area contributed by atoms with Crippen LogP contribution in [0.3, 0.4) is 0 Å². The number of benzene rings is 5. The number of rotatable bonds is 10. The van der Waals surface area contributed by atoms with Gasteiger partial charge in [0.2, 0.25) is 5.41 Å². The van der Waals surface area contributed by atoms with Gasteiger partial charge in [0, 0.05) is 5.69 Å². The van der Waals surface area contributed by atoms with Gasteiger partial charge in [0.25, 0.3) is 0 Å². The van der Waals surface area contributed by atoms with E-state index in [0.29, 0.717) is 30.7 Å². The number of alkyl halides is 10. The van der Waals surface area contributed by atoms with Gasteiger partial charge in [-0.2, -0.15) is 43.9 Å². The number of ether oxygens (including phenoxy) is 2. The van der Waals surface area contributed by atoms with Gasteiger partial charge in [0.15, 0.2) is 0 Å². The van der Waals surface area contributed by atoms with Crippen LogP contribution in [-0.4, -0.2) is 12.4 Å². The molecule has 0 heterocycles. The van der Waals surface area contributed by atoms with Gasteiger partial charge in [-0.1, -0.05) is 66.7 Å². The third-order valence-corrected chi connectivity index (χ3v) is 7.70. The van der Waals surface area contributed by atoms with Crippen molar-refractivity contribution in [2.24, 2.45) is 0 Å². The maximum atomic E-state index is 15.1. The van der Waals surface area contributed by atoms with Crippen LogP contribution in [0.25, 0.3) is 0 Å². The molecule has 0 aliphatic rings. The van der Waals surface area contributed by atoms with Crippen LogP contribution in [0.15, 0.2) is 127 Å². The van der Waals surface area contributed by atoms with E-state index in [1.807, 2.05) is 30.3 Å². The van der Waals surface area contributed by atoms with E-state index < -0.39 is 52.2 Å². The second-order valence-corrected chi connectivity index (χ2v) is 11.0. The average Bonchev–Trinajstić information content (AvgIpc) is 3.03. The molecule has 0 aliphatic carbocycles. The Kier molecular flexibility index (Phi) is 9.33. The molecule has 5 rings (SSSR count). The van der Waals surface area contributed by atoms with Crippen molar-refractivity contribution in [2.75, 3.05) is 5.73 Å². The quantitative estimate of drug-likeness (QED) is 0.117. The number of nitrogen functional groups attached to an aromatic ring is 1. The van der Waals surface area contributed by atoms with Crippen molar-refractivity contribution in [2.45, 2.75) is 36.4 Å². The van der Waals surface area contributed by atoms with E-state index in [4.69, 9.17) is 10.5 Å². The molecule has 3 nitrogen and oxygen atoms in total. The van der Waals surface area contributed by atoms with Gasteiger partial charge in [-0.25, -0.2) is 0 Å². The third-order valence-electron chi connectivity index (χ3n) is 7.70. The molecule has 0 atom stereocenters. The molecule has 0 aliphatic heterocycles. The summed E-state index contributed by atoms with van der Waals surface area (Å²) in [5.74, 6) is -0.674. The van der Waals surface area contributed by atoms with Crippen molar-refractivity contribution in [3.05, 3.63) is 161 Å². The molecule has 0 aromatic heterocycles. The molecule has 0 fully saturated rings. The molecule has 0 saturated carbocycles. The molecule has 0 bridgehead atoms. The minimum Gasteiger partial charge on any atom is -0.429 e. The first kappa shape index (κ1) is 35.1. The smallest absolute Gasteiger partial charge is 0.426 e. The second-order valence-electron chi connectivity index (χ2n) is 11.0. The maximum Gasteiger partial charge on any atom is 0.426 e. The summed E-state index contributed by atoms with van der Waals surface area (Å²) in [5, 5.41) is 0. The first-order chi connectivity index (χ1) is 22.9. The predicted molar refractivity (Wildman–Crippen MR) is 161 cm³/mol. The van der Waals surface area contributed by atoms with E-state index in [9.17, 15) is 35.1 Å². The molecule has 5 aromatic rings. The van der Waals surface area contributed by atoms with Crippen LogP contribution in [0.1, 0.15) is 33.4 Å². The Morgan fingerprint density at radius 3 is 1.14 bits per heavy atom. The van der Waals surface area contributed by atoms with E-state index in [1.54, 1.807) is 0 Å². The van der Waals surface area contributed by atoms with Crippen LogP contribution >= 0.6 is 0 Å². The molecule has 0 amide bonds. The lowest BCUT2D eigenvalue weighted by Crippen LogP contribution is -2.54. The second kappa shape index (κ2) is 13.0. The van der Waals surface area contributed by atoms with Crippen LogP contribution in [0.2, 0.25) is 0 Å². The summed E-state index contributed by atoms with van der Waals surface area (Å²) in [4.78, 5) is 0. The molecule has 49 heavy (non-hydrogen) atoms. The summed E-state index contributed by atoms with van der Waals surface area (Å²) in [6, 6.07) is 22.0. The average molecular weight is 694 g/mol. The highest BCUT2D eigenvalue weighted by molar-refractivity contribution is 5.47. The highest BCUT2D eigenvalue weighted by Crippen LogP contribution is 2.56. The summed E-state index contributed by atoms with van der Waals surface area (Å²) in [7, 11) is 0. The zero-order valence-electron chi connectivity index (χ0n) is 25.0. The van der Waals surface area contributed by atoms with E-state index >= 15 is 8.78 Å². The maximum absolute atomic E-state index is 15.1. The summed E-state index contributed by atoms with van der Waals surface area (Å²) < 4.78 is 157. The van der Waals surface area contributed by atoms with Crippen LogP contribution < -0.4 is 15.2 Å². The van der Waals surface area contributed by atoms with Gasteiger partial charge in [0.05, 0.1) is 11.1 Å². The van der Waals surface area contributed by atoms with Gasteiger partial charge < -0.3 is 15.2 Å². The molecule has 2 N–H and O–H groups in total.